The highest BCUT2D eigenvalue weighted by Crippen LogP contribution is 2.40. The van der Waals surface area contributed by atoms with Crippen molar-refractivity contribution in [1.82, 2.24) is 0 Å². The minimum absolute atomic E-state index is 0.0686. The van der Waals surface area contributed by atoms with E-state index in [1.54, 1.807) is 35.5 Å². The van der Waals surface area contributed by atoms with Crippen molar-refractivity contribution in [3.8, 4) is 28.7 Å². The first-order valence-corrected chi connectivity index (χ1v) is 9.84. The molecule has 164 valence electrons. The highest BCUT2D eigenvalue weighted by Gasteiger charge is 2.36. The fraction of sp³-hybridized carbons (Fsp3) is 0.478. The maximum atomic E-state index is 10.5. The standard InChI is InChI=1S/C23H30O7/c1-25-18-7-6-14(10-19(18)26-2)8-16-13-30-23(24)17(16)9-15-11-20(27-3)22(29-5)21(12-15)28-4/h6-7,10-12,16-17,23-24H,8-9,13H2,1-5H3. The van der Waals surface area contributed by atoms with Crippen molar-refractivity contribution >= 4 is 0 Å². The van der Waals surface area contributed by atoms with Gasteiger partial charge in [0.2, 0.25) is 5.75 Å². The summed E-state index contributed by atoms with van der Waals surface area (Å²) < 4.78 is 32.6. The molecule has 3 unspecified atom stereocenters. The molecule has 3 rings (SSSR count). The van der Waals surface area contributed by atoms with E-state index in [4.69, 9.17) is 28.4 Å². The molecule has 0 aromatic heterocycles. The Hall–Kier alpha value is -2.64. The Kier molecular flexibility index (Phi) is 7.29. The zero-order chi connectivity index (χ0) is 21.7. The van der Waals surface area contributed by atoms with Crippen molar-refractivity contribution < 1.29 is 33.5 Å². The lowest BCUT2D eigenvalue weighted by Gasteiger charge is -2.22. The van der Waals surface area contributed by atoms with Gasteiger partial charge in [-0.25, -0.2) is 0 Å². The van der Waals surface area contributed by atoms with Gasteiger partial charge >= 0.3 is 0 Å². The summed E-state index contributed by atoms with van der Waals surface area (Å²) in [5.41, 5.74) is 2.08. The Balaban J connectivity index is 1.81. The topological polar surface area (TPSA) is 75.6 Å². The van der Waals surface area contributed by atoms with Crippen LogP contribution in [-0.4, -0.2) is 53.6 Å². The number of methoxy groups -OCH3 is 5. The molecular weight excluding hydrogens is 388 g/mol. The van der Waals surface area contributed by atoms with Crippen LogP contribution in [0, 0.1) is 11.8 Å². The number of aliphatic hydroxyl groups is 1. The predicted octanol–water partition coefficient (Wildman–Crippen LogP) is 3.10. The first kappa shape index (κ1) is 22.1. The van der Waals surface area contributed by atoms with E-state index < -0.39 is 6.29 Å². The van der Waals surface area contributed by atoms with Crippen LogP contribution < -0.4 is 23.7 Å². The average Bonchev–Trinajstić information content (AvgIpc) is 3.11. The molecule has 7 nitrogen and oxygen atoms in total. The van der Waals surface area contributed by atoms with E-state index in [0.29, 0.717) is 41.8 Å². The van der Waals surface area contributed by atoms with Gasteiger partial charge in [0.1, 0.15) is 0 Å². The summed E-state index contributed by atoms with van der Waals surface area (Å²) in [7, 11) is 8.00. The van der Waals surface area contributed by atoms with Crippen LogP contribution in [0.25, 0.3) is 0 Å². The van der Waals surface area contributed by atoms with E-state index in [9.17, 15) is 5.11 Å². The molecule has 0 bridgehead atoms. The molecular formula is C23H30O7. The van der Waals surface area contributed by atoms with Crippen LogP contribution in [0.5, 0.6) is 28.7 Å². The smallest absolute Gasteiger partial charge is 0.203 e. The molecule has 2 aromatic rings. The first-order chi connectivity index (χ1) is 14.5. The van der Waals surface area contributed by atoms with Crippen LogP contribution >= 0.6 is 0 Å². The summed E-state index contributed by atoms with van der Waals surface area (Å²) in [5, 5.41) is 10.5. The van der Waals surface area contributed by atoms with Gasteiger partial charge < -0.3 is 33.5 Å². The summed E-state index contributed by atoms with van der Waals surface area (Å²) in [6, 6.07) is 9.72. The van der Waals surface area contributed by atoms with Crippen LogP contribution in [0.15, 0.2) is 30.3 Å². The van der Waals surface area contributed by atoms with Gasteiger partial charge in [-0.3, -0.25) is 0 Å². The zero-order valence-electron chi connectivity index (χ0n) is 18.1. The lowest BCUT2D eigenvalue weighted by atomic mass is 9.84. The quantitative estimate of drug-likeness (QED) is 0.671. The summed E-state index contributed by atoms with van der Waals surface area (Å²) >= 11 is 0. The molecule has 0 radical (unpaired) electrons. The van der Waals surface area contributed by atoms with Gasteiger partial charge in [-0.05, 0) is 54.2 Å². The fourth-order valence-corrected chi connectivity index (χ4v) is 4.02. The molecule has 0 aliphatic carbocycles. The molecule has 1 aliphatic rings. The average molecular weight is 418 g/mol. The van der Waals surface area contributed by atoms with E-state index in [2.05, 4.69) is 0 Å². The largest absolute Gasteiger partial charge is 0.493 e. The van der Waals surface area contributed by atoms with Crippen LogP contribution in [0.2, 0.25) is 0 Å². The van der Waals surface area contributed by atoms with Gasteiger partial charge in [-0.2, -0.15) is 0 Å². The van der Waals surface area contributed by atoms with Crippen molar-refractivity contribution in [2.24, 2.45) is 11.8 Å². The highest BCUT2D eigenvalue weighted by atomic mass is 16.6. The molecule has 2 aromatic carbocycles. The molecule has 1 fully saturated rings. The number of aliphatic hydroxyl groups excluding tert-OH is 1. The third kappa shape index (κ3) is 4.57. The monoisotopic (exact) mass is 418 g/mol. The molecule has 3 atom stereocenters. The number of benzene rings is 2. The molecule has 30 heavy (non-hydrogen) atoms. The zero-order valence-corrected chi connectivity index (χ0v) is 18.1. The molecule has 0 spiro atoms. The Morgan fingerprint density at radius 2 is 1.37 bits per heavy atom. The maximum Gasteiger partial charge on any atom is 0.203 e. The third-order valence-electron chi connectivity index (χ3n) is 5.59. The number of rotatable bonds is 9. The third-order valence-corrected chi connectivity index (χ3v) is 5.59. The van der Waals surface area contributed by atoms with Crippen LogP contribution in [0.3, 0.4) is 0 Å². The van der Waals surface area contributed by atoms with E-state index in [1.165, 1.54) is 0 Å². The second-order valence-electron chi connectivity index (χ2n) is 7.28. The van der Waals surface area contributed by atoms with E-state index in [1.807, 2.05) is 30.3 Å². The molecule has 1 heterocycles. The maximum absolute atomic E-state index is 10.5. The van der Waals surface area contributed by atoms with E-state index >= 15 is 0 Å². The Morgan fingerprint density at radius 3 is 1.93 bits per heavy atom. The van der Waals surface area contributed by atoms with Gasteiger partial charge in [0, 0.05) is 5.92 Å². The summed E-state index contributed by atoms with van der Waals surface area (Å²) in [6.07, 6.45) is 0.553. The lowest BCUT2D eigenvalue weighted by molar-refractivity contribution is -0.0820. The van der Waals surface area contributed by atoms with Gasteiger partial charge in [0.05, 0.1) is 42.2 Å². The molecule has 1 aliphatic heterocycles. The molecule has 0 saturated carbocycles. The predicted molar refractivity (Wildman–Crippen MR) is 112 cm³/mol. The first-order valence-electron chi connectivity index (χ1n) is 9.84. The van der Waals surface area contributed by atoms with Crippen molar-refractivity contribution in [3.05, 3.63) is 41.5 Å². The second-order valence-corrected chi connectivity index (χ2v) is 7.28. The molecule has 1 N–H and O–H groups in total. The van der Waals surface area contributed by atoms with Crippen LogP contribution in [0.4, 0.5) is 0 Å². The summed E-state index contributed by atoms with van der Waals surface area (Å²) in [4.78, 5) is 0. The van der Waals surface area contributed by atoms with Gasteiger partial charge in [-0.1, -0.05) is 6.07 Å². The molecule has 0 amide bonds. The van der Waals surface area contributed by atoms with E-state index in [0.717, 1.165) is 17.5 Å². The van der Waals surface area contributed by atoms with Gasteiger partial charge in [0.15, 0.2) is 29.3 Å². The minimum Gasteiger partial charge on any atom is -0.493 e. The summed E-state index contributed by atoms with van der Waals surface area (Å²) in [5.74, 6) is 3.20. The SMILES string of the molecule is COc1ccc(CC2COC(O)C2Cc2cc(OC)c(OC)c(OC)c2)cc1OC. The molecule has 7 heteroatoms. The number of ether oxygens (including phenoxy) is 6. The van der Waals surface area contributed by atoms with Crippen molar-refractivity contribution in [2.45, 2.75) is 19.1 Å². The Bertz CT molecular complexity index is 826. The normalized spacial score (nSPS) is 20.7. The lowest BCUT2D eigenvalue weighted by Crippen LogP contribution is -2.24. The minimum atomic E-state index is -0.825. The Labute approximate surface area is 177 Å². The summed E-state index contributed by atoms with van der Waals surface area (Å²) in [6.45, 7) is 0.491. The second kappa shape index (κ2) is 9.91. The highest BCUT2D eigenvalue weighted by molar-refractivity contribution is 5.54. The number of hydrogen-bond donors (Lipinski definition) is 1. The van der Waals surface area contributed by atoms with Gasteiger partial charge in [0.25, 0.3) is 0 Å². The van der Waals surface area contributed by atoms with Crippen molar-refractivity contribution in [3.63, 3.8) is 0 Å². The molecule has 1 saturated heterocycles. The van der Waals surface area contributed by atoms with Gasteiger partial charge in [-0.15, -0.1) is 0 Å². The van der Waals surface area contributed by atoms with Crippen molar-refractivity contribution in [2.75, 3.05) is 42.2 Å². The van der Waals surface area contributed by atoms with Crippen LogP contribution in [-0.2, 0) is 17.6 Å². The fourth-order valence-electron chi connectivity index (χ4n) is 4.02. The van der Waals surface area contributed by atoms with Crippen LogP contribution in [0.1, 0.15) is 11.1 Å². The van der Waals surface area contributed by atoms with Crippen molar-refractivity contribution in [1.29, 1.82) is 0 Å². The Morgan fingerprint density at radius 1 is 0.767 bits per heavy atom. The van der Waals surface area contributed by atoms with E-state index in [-0.39, 0.29) is 11.8 Å². The number of hydrogen-bond acceptors (Lipinski definition) is 7.